The maximum Gasteiger partial charge on any atom is 0.408 e. The Bertz CT molecular complexity index is 580. The summed E-state index contributed by atoms with van der Waals surface area (Å²) in [5, 5.41) is 21.2. The van der Waals surface area contributed by atoms with Crippen molar-refractivity contribution in [2.75, 3.05) is 13.9 Å². The monoisotopic (exact) mass is 341 g/mol. The molecule has 0 heterocycles. The molecule has 1 aromatic carbocycles. The standard InChI is InChI=1S/C16H23NO7/c1-16(2,3)24-15(21)17-12(8-14(19)20)11-6-5-10(18)7-13(11)23-9-22-4/h5-7,12,18H,8-9H2,1-4H3,(H,17,21)(H,19,20). The van der Waals surface area contributed by atoms with Gasteiger partial charge in [-0.1, -0.05) is 0 Å². The largest absolute Gasteiger partial charge is 0.508 e. The highest BCUT2D eigenvalue weighted by Crippen LogP contribution is 2.31. The van der Waals surface area contributed by atoms with E-state index in [1.54, 1.807) is 20.8 Å². The summed E-state index contributed by atoms with van der Waals surface area (Å²) in [6.07, 6.45) is -1.13. The Morgan fingerprint density at radius 3 is 2.50 bits per heavy atom. The first-order valence-electron chi connectivity index (χ1n) is 7.28. The molecule has 1 rings (SSSR count). The van der Waals surface area contributed by atoms with E-state index in [1.807, 2.05) is 0 Å². The summed E-state index contributed by atoms with van der Waals surface area (Å²) >= 11 is 0. The average Bonchev–Trinajstić information content (AvgIpc) is 2.42. The molecule has 24 heavy (non-hydrogen) atoms. The van der Waals surface area contributed by atoms with Gasteiger partial charge in [0, 0.05) is 18.7 Å². The second kappa shape index (κ2) is 8.39. The maximum atomic E-state index is 12.0. The van der Waals surface area contributed by atoms with Crippen molar-refractivity contribution in [1.82, 2.24) is 5.32 Å². The summed E-state index contributed by atoms with van der Waals surface area (Å²) in [7, 11) is 1.43. The topological polar surface area (TPSA) is 114 Å². The van der Waals surface area contributed by atoms with Gasteiger partial charge in [0.15, 0.2) is 6.79 Å². The average molecular weight is 341 g/mol. The van der Waals surface area contributed by atoms with Crippen molar-refractivity contribution in [3.8, 4) is 11.5 Å². The van der Waals surface area contributed by atoms with Gasteiger partial charge in [-0.05, 0) is 32.9 Å². The van der Waals surface area contributed by atoms with Gasteiger partial charge in [-0.2, -0.15) is 0 Å². The molecule has 0 aromatic heterocycles. The molecule has 0 aliphatic heterocycles. The van der Waals surface area contributed by atoms with E-state index in [9.17, 15) is 14.7 Å². The van der Waals surface area contributed by atoms with Gasteiger partial charge in [0.05, 0.1) is 12.5 Å². The minimum Gasteiger partial charge on any atom is -0.508 e. The highest BCUT2D eigenvalue weighted by atomic mass is 16.7. The number of hydrogen-bond acceptors (Lipinski definition) is 6. The number of carboxylic acid groups (broad SMARTS) is 1. The lowest BCUT2D eigenvalue weighted by molar-refractivity contribution is -0.137. The van der Waals surface area contributed by atoms with Gasteiger partial charge in [0.2, 0.25) is 0 Å². The predicted molar refractivity (Wildman–Crippen MR) is 85.0 cm³/mol. The fourth-order valence-corrected chi connectivity index (χ4v) is 1.92. The van der Waals surface area contributed by atoms with Gasteiger partial charge in [0.1, 0.15) is 17.1 Å². The molecule has 1 unspecified atom stereocenters. The number of aliphatic carboxylic acids is 1. The molecule has 134 valence electrons. The minimum absolute atomic E-state index is 0.0591. The van der Waals surface area contributed by atoms with Crippen LogP contribution in [0.4, 0.5) is 4.79 Å². The third kappa shape index (κ3) is 6.74. The van der Waals surface area contributed by atoms with Crippen LogP contribution in [0.2, 0.25) is 0 Å². The van der Waals surface area contributed by atoms with Gasteiger partial charge in [-0.25, -0.2) is 4.79 Å². The molecule has 3 N–H and O–H groups in total. The molecule has 0 aliphatic carbocycles. The van der Waals surface area contributed by atoms with Crippen LogP contribution in [0.3, 0.4) is 0 Å². The zero-order valence-electron chi connectivity index (χ0n) is 14.2. The van der Waals surface area contributed by atoms with Crippen LogP contribution in [0.25, 0.3) is 0 Å². The van der Waals surface area contributed by atoms with E-state index in [0.717, 1.165) is 0 Å². The van der Waals surface area contributed by atoms with E-state index in [2.05, 4.69) is 5.32 Å². The van der Waals surface area contributed by atoms with Gasteiger partial charge in [0.25, 0.3) is 0 Å². The SMILES string of the molecule is COCOc1cc(O)ccc1C(CC(=O)O)NC(=O)OC(C)(C)C. The molecule has 8 heteroatoms. The highest BCUT2D eigenvalue weighted by Gasteiger charge is 2.25. The molecule has 0 radical (unpaired) electrons. The van der Waals surface area contributed by atoms with Gasteiger partial charge in [-0.15, -0.1) is 0 Å². The number of rotatable bonds is 7. The molecule has 0 spiro atoms. The number of alkyl carbamates (subject to hydrolysis) is 1. The fraction of sp³-hybridized carbons (Fsp3) is 0.500. The molecule has 0 bridgehead atoms. The lowest BCUT2D eigenvalue weighted by Crippen LogP contribution is -2.36. The van der Waals surface area contributed by atoms with Crippen molar-refractivity contribution in [2.45, 2.75) is 38.8 Å². The number of carboxylic acids is 1. The van der Waals surface area contributed by atoms with Crippen LogP contribution in [0, 0.1) is 0 Å². The minimum atomic E-state index is -1.11. The molecule has 1 amide bonds. The highest BCUT2D eigenvalue weighted by molar-refractivity contribution is 5.72. The second-order valence-corrected chi connectivity index (χ2v) is 6.07. The van der Waals surface area contributed by atoms with Crippen molar-refractivity contribution in [3.63, 3.8) is 0 Å². The zero-order chi connectivity index (χ0) is 18.3. The number of aromatic hydroxyl groups is 1. The third-order valence-corrected chi connectivity index (χ3v) is 2.77. The zero-order valence-corrected chi connectivity index (χ0v) is 14.2. The fourth-order valence-electron chi connectivity index (χ4n) is 1.92. The summed E-state index contributed by atoms with van der Waals surface area (Å²) in [6, 6.07) is 3.27. The molecule has 8 nitrogen and oxygen atoms in total. The molecule has 0 saturated carbocycles. The number of phenols is 1. The normalized spacial score (nSPS) is 12.3. The molecule has 0 fully saturated rings. The van der Waals surface area contributed by atoms with Crippen LogP contribution in [-0.4, -0.2) is 41.8 Å². The Labute approximate surface area is 140 Å². The number of hydrogen-bond donors (Lipinski definition) is 3. The Balaban J connectivity index is 3.07. The first-order valence-corrected chi connectivity index (χ1v) is 7.28. The molecular weight excluding hydrogens is 318 g/mol. The van der Waals surface area contributed by atoms with Crippen molar-refractivity contribution in [2.24, 2.45) is 0 Å². The molecular formula is C16H23NO7. The van der Waals surface area contributed by atoms with Crippen LogP contribution >= 0.6 is 0 Å². The number of benzene rings is 1. The van der Waals surface area contributed by atoms with Gasteiger partial charge >= 0.3 is 12.1 Å². The summed E-state index contributed by atoms with van der Waals surface area (Å²) in [6.45, 7) is 5.01. The molecule has 1 atom stereocenters. The van der Waals surface area contributed by atoms with Crippen LogP contribution in [0.1, 0.15) is 38.8 Å². The number of carbonyl (C=O) groups is 2. The van der Waals surface area contributed by atoms with E-state index < -0.39 is 23.7 Å². The van der Waals surface area contributed by atoms with Crippen molar-refractivity contribution < 1.29 is 34.0 Å². The predicted octanol–water partition coefficient (Wildman–Crippen LogP) is 2.42. The first-order chi connectivity index (χ1) is 11.1. The maximum absolute atomic E-state index is 12.0. The second-order valence-electron chi connectivity index (χ2n) is 6.07. The quantitative estimate of drug-likeness (QED) is 0.652. The lowest BCUT2D eigenvalue weighted by Gasteiger charge is -2.24. The first kappa shape index (κ1) is 19.6. The lowest BCUT2D eigenvalue weighted by atomic mass is 10.0. The summed E-state index contributed by atoms with van der Waals surface area (Å²) < 4.78 is 15.3. The van der Waals surface area contributed by atoms with Crippen LogP contribution < -0.4 is 10.1 Å². The van der Waals surface area contributed by atoms with Crippen LogP contribution in [0.5, 0.6) is 11.5 Å². The third-order valence-electron chi connectivity index (χ3n) is 2.77. The number of phenolic OH excluding ortho intramolecular Hbond substituents is 1. The smallest absolute Gasteiger partial charge is 0.408 e. The van der Waals surface area contributed by atoms with Crippen molar-refractivity contribution in [1.29, 1.82) is 0 Å². The Kier molecular flexibility index (Phi) is 6.84. The Morgan fingerprint density at radius 1 is 1.29 bits per heavy atom. The van der Waals surface area contributed by atoms with Gasteiger partial charge in [-0.3, -0.25) is 4.79 Å². The molecule has 0 aliphatic rings. The number of ether oxygens (including phenoxy) is 3. The molecule has 1 aromatic rings. The van der Waals surface area contributed by atoms with Crippen molar-refractivity contribution >= 4 is 12.1 Å². The van der Waals surface area contributed by atoms with E-state index in [0.29, 0.717) is 5.56 Å². The van der Waals surface area contributed by atoms with E-state index in [4.69, 9.17) is 19.3 Å². The summed E-state index contributed by atoms with van der Waals surface area (Å²) in [5.74, 6) is -0.961. The molecule has 0 saturated heterocycles. The summed E-state index contributed by atoms with van der Waals surface area (Å²) in [5.41, 5.74) is -0.333. The number of amides is 1. The Hall–Kier alpha value is -2.48. The van der Waals surface area contributed by atoms with Crippen molar-refractivity contribution in [3.05, 3.63) is 23.8 Å². The number of nitrogens with one attached hydrogen (secondary N) is 1. The van der Waals surface area contributed by atoms with Crippen LogP contribution in [0.15, 0.2) is 18.2 Å². The van der Waals surface area contributed by atoms with E-state index in [1.165, 1.54) is 25.3 Å². The Morgan fingerprint density at radius 2 is 1.96 bits per heavy atom. The number of methoxy groups -OCH3 is 1. The van der Waals surface area contributed by atoms with Gasteiger partial charge < -0.3 is 29.7 Å². The summed E-state index contributed by atoms with van der Waals surface area (Å²) in [4.78, 5) is 23.1. The number of carbonyl (C=O) groups excluding carboxylic acids is 1. The van der Waals surface area contributed by atoms with E-state index >= 15 is 0 Å². The van der Waals surface area contributed by atoms with E-state index in [-0.39, 0.29) is 24.7 Å². The van der Waals surface area contributed by atoms with Crippen LogP contribution in [-0.2, 0) is 14.3 Å².